The molecule has 0 aliphatic heterocycles. The molecule has 9 nitrogen and oxygen atoms in total. The number of hydrogen-bond acceptors (Lipinski definition) is 8. The van der Waals surface area contributed by atoms with Gasteiger partial charge in [0.1, 0.15) is 5.69 Å². The first kappa shape index (κ1) is 18.4. The smallest absolute Gasteiger partial charge is 0.270 e. The van der Waals surface area contributed by atoms with Crippen LogP contribution in [-0.2, 0) is 4.79 Å². The van der Waals surface area contributed by atoms with E-state index in [0.29, 0.717) is 27.3 Å². The van der Waals surface area contributed by atoms with E-state index in [1.165, 1.54) is 19.1 Å². The van der Waals surface area contributed by atoms with Gasteiger partial charge in [0.05, 0.1) is 16.1 Å². The third-order valence-electron chi connectivity index (χ3n) is 3.71. The molecule has 0 unspecified atom stereocenters. The molecule has 0 spiro atoms. The number of rotatable bonds is 5. The van der Waals surface area contributed by atoms with Crippen molar-refractivity contribution in [3.63, 3.8) is 0 Å². The molecular weight excluding hydrogens is 368 g/mol. The lowest BCUT2D eigenvalue weighted by Crippen LogP contribution is -2.10. The molecule has 3 aromatic rings. The summed E-state index contributed by atoms with van der Waals surface area (Å²) >= 11 is 1.10. The molecular formula is C17H16N6O3S. The predicted octanol–water partition coefficient (Wildman–Crippen LogP) is 4.64. The highest BCUT2D eigenvalue weighted by Gasteiger charge is 2.12. The quantitative estimate of drug-likeness (QED) is 0.391. The van der Waals surface area contributed by atoms with Crippen molar-refractivity contribution in [2.75, 3.05) is 24.3 Å². The van der Waals surface area contributed by atoms with Crippen LogP contribution in [0.3, 0.4) is 0 Å². The van der Waals surface area contributed by atoms with Gasteiger partial charge in [-0.3, -0.25) is 14.9 Å². The highest BCUT2D eigenvalue weighted by molar-refractivity contribution is 7.11. The van der Waals surface area contributed by atoms with Crippen molar-refractivity contribution >= 4 is 56.1 Å². The van der Waals surface area contributed by atoms with Crippen LogP contribution in [0.2, 0.25) is 0 Å². The van der Waals surface area contributed by atoms with Crippen molar-refractivity contribution in [3.8, 4) is 0 Å². The van der Waals surface area contributed by atoms with Gasteiger partial charge in [-0.25, -0.2) is 0 Å². The second kappa shape index (κ2) is 7.46. The van der Waals surface area contributed by atoms with Crippen molar-refractivity contribution in [1.82, 2.24) is 4.37 Å². The van der Waals surface area contributed by atoms with Crippen LogP contribution in [0.1, 0.15) is 6.92 Å². The number of nitrogens with zero attached hydrogens (tertiary/aromatic N) is 5. The van der Waals surface area contributed by atoms with E-state index in [2.05, 4.69) is 19.9 Å². The standard InChI is InChI=1S/C17H16N6O3S/c1-10(24)18-16-9-11(22(2)3)4-7-15(16)19-20-17-13-8-12(23(25)26)5-6-14(13)21-27-17/h4-9H,1-3H3,(H,18,24)/b20-19+. The molecule has 0 saturated carbocycles. The number of non-ortho nitro benzene ring substituents is 1. The fraction of sp³-hybridized carbons (Fsp3) is 0.176. The number of amides is 1. The topological polar surface area (TPSA) is 113 Å². The van der Waals surface area contributed by atoms with E-state index >= 15 is 0 Å². The molecule has 3 rings (SSSR count). The van der Waals surface area contributed by atoms with Crippen LogP contribution in [-0.4, -0.2) is 29.3 Å². The van der Waals surface area contributed by atoms with E-state index in [4.69, 9.17) is 0 Å². The number of carbonyl (C=O) groups excluding carboxylic acids is 1. The summed E-state index contributed by atoms with van der Waals surface area (Å²) in [6.07, 6.45) is 0. The Morgan fingerprint density at radius 3 is 2.67 bits per heavy atom. The summed E-state index contributed by atoms with van der Waals surface area (Å²) in [6, 6.07) is 9.81. The number of carbonyl (C=O) groups is 1. The van der Waals surface area contributed by atoms with Gasteiger partial charge in [0.25, 0.3) is 5.69 Å². The van der Waals surface area contributed by atoms with Gasteiger partial charge in [0.15, 0.2) is 5.00 Å². The predicted molar refractivity (Wildman–Crippen MR) is 106 cm³/mol. The Hall–Kier alpha value is -3.40. The molecule has 1 N–H and O–H groups in total. The summed E-state index contributed by atoms with van der Waals surface area (Å²) in [6.45, 7) is 1.42. The number of anilines is 2. The molecule has 10 heteroatoms. The largest absolute Gasteiger partial charge is 0.378 e. The fourth-order valence-electron chi connectivity index (χ4n) is 2.38. The maximum absolute atomic E-state index is 11.5. The average molecular weight is 384 g/mol. The van der Waals surface area contributed by atoms with Crippen molar-refractivity contribution < 1.29 is 9.72 Å². The summed E-state index contributed by atoms with van der Waals surface area (Å²) in [5.41, 5.74) is 2.48. The molecule has 0 atom stereocenters. The molecule has 0 radical (unpaired) electrons. The highest BCUT2D eigenvalue weighted by Crippen LogP contribution is 2.36. The van der Waals surface area contributed by atoms with Gasteiger partial charge in [-0.05, 0) is 35.8 Å². The zero-order chi connectivity index (χ0) is 19.6. The van der Waals surface area contributed by atoms with Crippen LogP contribution < -0.4 is 10.2 Å². The lowest BCUT2D eigenvalue weighted by atomic mass is 10.2. The first-order valence-electron chi connectivity index (χ1n) is 7.89. The van der Waals surface area contributed by atoms with Crippen molar-refractivity contribution in [2.24, 2.45) is 10.2 Å². The third-order valence-corrected chi connectivity index (χ3v) is 4.47. The minimum Gasteiger partial charge on any atom is -0.378 e. The zero-order valence-electron chi connectivity index (χ0n) is 14.8. The van der Waals surface area contributed by atoms with Gasteiger partial charge in [-0.1, -0.05) is 0 Å². The van der Waals surface area contributed by atoms with Crippen LogP contribution in [0.5, 0.6) is 0 Å². The Bertz CT molecular complexity index is 1060. The Morgan fingerprint density at radius 2 is 2.00 bits per heavy atom. The second-order valence-electron chi connectivity index (χ2n) is 5.92. The van der Waals surface area contributed by atoms with Crippen LogP contribution in [0.25, 0.3) is 10.9 Å². The zero-order valence-corrected chi connectivity index (χ0v) is 15.6. The molecule has 1 heterocycles. The van der Waals surface area contributed by atoms with Crippen LogP contribution >= 0.6 is 11.5 Å². The number of nitro benzene ring substituents is 1. The molecule has 2 aromatic carbocycles. The summed E-state index contributed by atoms with van der Waals surface area (Å²) < 4.78 is 4.23. The Kier molecular flexibility index (Phi) is 5.08. The monoisotopic (exact) mass is 384 g/mol. The number of fused-ring (bicyclic) bond motifs is 1. The molecule has 1 aromatic heterocycles. The van der Waals surface area contributed by atoms with Crippen LogP contribution in [0.15, 0.2) is 46.6 Å². The second-order valence-corrected chi connectivity index (χ2v) is 6.68. The van der Waals surface area contributed by atoms with E-state index in [1.54, 1.807) is 18.2 Å². The summed E-state index contributed by atoms with van der Waals surface area (Å²) in [5.74, 6) is -0.221. The maximum atomic E-state index is 11.5. The number of nitrogens with one attached hydrogen (secondary N) is 1. The normalized spacial score (nSPS) is 11.1. The SMILES string of the molecule is CC(=O)Nc1cc(N(C)C)ccc1/N=N/c1snc2ccc([N+](=O)[O-])cc12. The van der Waals surface area contributed by atoms with Crippen LogP contribution in [0.4, 0.5) is 27.8 Å². The van der Waals surface area contributed by atoms with E-state index in [-0.39, 0.29) is 11.6 Å². The molecule has 1 amide bonds. The number of benzene rings is 2. The molecule has 0 saturated heterocycles. The Labute approximate surface area is 158 Å². The van der Waals surface area contributed by atoms with Gasteiger partial charge < -0.3 is 10.2 Å². The Morgan fingerprint density at radius 1 is 1.22 bits per heavy atom. The molecule has 138 valence electrons. The van der Waals surface area contributed by atoms with Gasteiger partial charge in [-0.2, -0.15) is 4.37 Å². The van der Waals surface area contributed by atoms with Gasteiger partial charge >= 0.3 is 0 Å². The summed E-state index contributed by atoms with van der Waals surface area (Å²) in [5, 5.41) is 23.2. The highest BCUT2D eigenvalue weighted by atomic mass is 32.1. The fourth-order valence-corrected chi connectivity index (χ4v) is 3.06. The molecule has 0 bridgehead atoms. The lowest BCUT2D eigenvalue weighted by Gasteiger charge is -2.15. The molecule has 0 aliphatic carbocycles. The molecule has 0 aliphatic rings. The first-order valence-corrected chi connectivity index (χ1v) is 8.67. The van der Waals surface area contributed by atoms with E-state index < -0.39 is 4.92 Å². The number of azo groups is 1. The van der Waals surface area contributed by atoms with E-state index in [1.807, 2.05) is 25.1 Å². The lowest BCUT2D eigenvalue weighted by molar-refractivity contribution is -0.384. The number of aromatic nitrogens is 1. The van der Waals surface area contributed by atoms with Crippen molar-refractivity contribution in [2.45, 2.75) is 6.92 Å². The maximum Gasteiger partial charge on any atom is 0.270 e. The number of hydrogen-bond donors (Lipinski definition) is 1. The third kappa shape index (κ3) is 4.06. The average Bonchev–Trinajstić information content (AvgIpc) is 3.02. The molecule has 0 fully saturated rings. The first-order chi connectivity index (χ1) is 12.8. The van der Waals surface area contributed by atoms with Gasteiger partial charge in [0.2, 0.25) is 5.91 Å². The van der Waals surface area contributed by atoms with E-state index in [0.717, 1.165) is 17.2 Å². The van der Waals surface area contributed by atoms with Crippen molar-refractivity contribution in [3.05, 3.63) is 46.5 Å². The number of nitro groups is 1. The summed E-state index contributed by atoms with van der Waals surface area (Å²) in [4.78, 5) is 23.9. The van der Waals surface area contributed by atoms with Gasteiger partial charge in [-0.15, -0.1) is 10.2 Å². The summed E-state index contributed by atoms with van der Waals surface area (Å²) in [7, 11) is 3.79. The minimum absolute atomic E-state index is 0.0339. The minimum atomic E-state index is -0.465. The molecule has 27 heavy (non-hydrogen) atoms. The van der Waals surface area contributed by atoms with Crippen LogP contribution in [0, 0.1) is 10.1 Å². The van der Waals surface area contributed by atoms with Gasteiger partial charge in [0, 0.05) is 44.2 Å². The Balaban J connectivity index is 2.00. The van der Waals surface area contributed by atoms with Crippen molar-refractivity contribution in [1.29, 1.82) is 0 Å². The van der Waals surface area contributed by atoms with E-state index in [9.17, 15) is 14.9 Å².